The Morgan fingerprint density at radius 3 is 2.95 bits per heavy atom. The molecule has 0 atom stereocenters. The molecule has 0 amide bonds. The molecule has 3 N–H and O–H groups in total. The molecule has 0 spiro atoms. The molecule has 1 aromatic heterocycles. The van der Waals surface area contributed by atoms with Gasteiger partial charge in [-0.05, 0) is 10.8 Å². The van der Waals surface area contributed by atoms with Crippen LogP contribution in [0.5, 0.6) is 0 Å². The fourth-order valence-electron chi connectivity index (χ4n) is 2.98. The summed E-state index contributed by atoms with van der Waals surface area (Å²) >= 11 is 0. The van der Waals surface area contributed by atoms with Crippen molar-refractivity contribution in [2.75, 3.05) is 6.54 Å². The van der Waals surface area contributed by atoms with E-state index in [0.717, 1.165) is 25.2 Å². The highest BCUT2D eigenvalue weighted by Gasteiger charge is 2.20. The molecule has 0 saturated carbocycles. The van der Waals surface area contributed by atoms with Crippen molar-refractivity contribution in [3.8, 4) is 11.3 Å². The third kappa shape index (κ3) is 1.66. The number of H-pyrrole nitrogens is 1. The monoisotopic (exact) mass is 250 g/mol. The van der Waals surface area contributed by atoms with Crippen LogP contribution in [0.4, 0.5) is 0 Å². The van der Waals surface area contributed by atoms with E-state index in [0.29, 0.717) is 0 Å². The lowest BCUT2D eigenvalue weighted by Crippen LogP contribution is -2.84. The lowest BCUT2D eigenvalue weighted by atomic mass is 9.97. The summed E-state index contributed by atoms with van der Waals surface area (Å²) in [5.41, 5.74) is 5.06. The van der Waals surface area contributed by atoms with Gasteiger partial charge < -0.3 is 5.32 Å². The number of aromatic nitrogens is 2. The first kappa shape index (κ1) is 10.8. The Morgan fingerprint density at radius 2 is 1.95 bits per heavy atom. The molecule has 0 aliphatic carbocycles. The Morgan fingerprint density at radius 1 is 1.05 bits per heavy atom. The zero-order chi connectivity index (χ0) is 12.7. The summed E-state index contributed by atoms with van der Waals surface area (Å²) in [6.45, 7) is 2.19. The van der Waals surface area contributed by atoms with Crippen LogP contribution in [0.1, 0.15) is 11.3 Å². The predicted octanol–water partition coefficient (Wildman–Crippen LogP) is 1.85. The Kier molecular flexibility index (Phi) is 2.38. The van der Waals surface area contributed by atoms with Crippen molar-refractivity contribution in [2.45, 2.75) is 13.0 Å². The first-order chi connectivity index (χ1) is 9.43. The van der Waals surface area contributed by atoms with Crippen LogP contribution in [0.25, 0.3) is 22.0 Å². The predicted molar refractivity (Wildman–Crippen MR) is 75.7 cm³/mol. The summed E-state index contributed by atoms with van der Waals surface area (Å²) in [4.78, 5) is 0. The molecule has 2 heterocycles. The average molecular weight is 250 g/mol. The molecule has 0 saturated heterocycles. The molecule has 3 nitrogen and oxygen atoms in total. The quantitative estimate of drug-likeness (QED) is 0.680. The Bertz CT molecular complexity index is 737. The SMILES string of the molecule is c1ccc2c(-c3n[nH]c4c3C[NH2+]CC4)cccc2c1. The number of nitrogens with one attached hydrogen (secondary N) is 1. The van der Waals surface area contributed by atoms with E-state index in [1.807, 2.05) is 0 Å². The number of rotatable bonds is 1. The van der Waals surface area contributed by atoms with Gasteiger partial charge in [0.2, 0.25) is 0 Å². The Labute approximate surface area is 111 Å². The zero-order valence-corrected chi connectivity index (χ0v) is 10.7. The van der Waals surface area contributed by atoms with Crippen molar-refractivity contribution in [3.05, 3.63) is 53.7 Å². The molecule has 0 bridgehead atoms. The second kappa shape index (κ2) is 4.21. The van der Waals surface area contributed by atoms with Gasteiger partial charge in [-0.15, -0.1) is 0 Å². The van der Waals surface area contributed by atoms with E-state index in [9.17, 15) is 0 Å². The number of nitrogens with two attached hydrogens (primary N) is 1. The summed E-state index contributed by atoms with van der Waals surface area (Å²) < 4.78 is 0. The first-order valence-electron chi connectivity index (χ1n) is 6.79. The van der Waals surface area contributed by atoms with Gasteiger partial charge in [-0.2, -0.15) is 5.10 Å². The maximum Gasteiger partial charge on any atom is 0.105 e. The maximum atomic E-state index is 4.57. The van der Waals surface area contributed by atoms with Gasteiger partial charge >= 0.3 is 0 Å². The van der Waals surface area contributed by atoms with Crippen molar-refractivity contribution >= 4 is 10.8 Å². The van der Waals surface area contributed by atoms with Gasteiger partial charge in [-0.3, -0.25) is 5.10 Å². The number of nitrogens with zero attached hydrogens (tertiary/aromatic N) is 1. The van der Waals surface area contributed by atoms with E-state index in [1.54, 1.807) is 0 Å². The number of fused-ring (bicyclic) bond motifs is 2. The van der Waals surface area contributed by atoms with Crippen LogP contribution in [0.3, 0.4) is 0 Å². The minimum atomic E-state index is 1.03. The van der Waals surface area contributed by atoms with Crippen LogP contribution in [-0.4, -0.2) is 16.7 Å². The Balaban J connectivity index is 1.98. The van der Waals surface area contributed by atoms with E-state index < -0.39 is 0 Å². The lowest BCUT2D eigenvalue weighted by molar-refractivity contribution is -0.673. The molecular weight excluding hydrogens is 234 g/mol. The van der Waals surface area contributed by atoms with Crippen LogP contribution in [0, 0.1) is 0 Å². The lowest BCUT2D eigenvalue weighted by Gasteiger charge is -2.11. The van der Waals surface area contributed by atoms with Gasteiger partial charge in [0.05, 0.1) is 17.8 Å². The molecule has 4 rings (SSSR count). The minimum Gasteiger partial charge on any atom is -0.342 e. The number of hydrogen-bond donors (Lipinski definition) is 2. The molecule has 0 radical (unpaired) electrons. The van der Waals surface area contributed by atoms with Crippen molar-refractivity contribution in [3.63, 3.8) is 0 Å². The normalized spacial score (nSPS) is 14.5. The zero-order valence-electron chi connectivity index (χ0n) is 10.7. The van der Waals surface area contributed by atoms with Gasteiger partial charge in [0.15, 0.2) is 0 Å². The Hall–Kier alpha value is -2.13. The molecule has 3 heteroatoms. The van der Waals surface area contributed by atoms with Crippen LogP contribution in [0.2, 0.25) is 0 Å². The summed E-state index contributed by atoms with van der Waals surface area (Å²) in [5, 5.41) is 12.7. The van der Waals surface area contributed by atoms with Crippen LogP contribution in [0.15, 0.2) is 42.5 Å². The summed E-state index contributed by atoms with van der Waals surface area (Å²) in [6, 6.07) is 15.0. The van der Waals surface area contributed by atoms with Crippen molar-refractivity contribution < 1.29 is 5.32 Å². The van der Waals surface area contributed by atoms with E-state index in [-0.39, 0.29) is 0 Å². The minimum absolute atomic E-state index is 1.03. The highest BCUT2D eigenvalue weighted by Crippen LogP contribution is 2.30. The van der Waals surface area contributed by atoms with Crippen LogP contribution >= 0.6 is 0 Å². The first-order valence-corrected chi connectivity index (χ1v) is 6.79. The highest BCUT2D eigenvalue weighted by molar-refractivity contribution is 5.96. The topological polar surface area (TPSA) is 45.3 Å². The number of aromatic amines is 1. The highest BCUT2D eigenvalue weighted by atomic mass is 15.1. The van der Waals surface area contributed by atoms with Gasteiger partial charge in [-0.1, -0.05) is 42.5 Å². The van der Waals surface area contributed by atoms with Crippen LogP contribution < -0.4 is 5.32 Å². The molecule has 3 aromatic rings. The molecule has 1 aliphatic rings. The van der Waals surface area contributed by atoms with E-state index in [1.165, 1.54) is 27.6 Å². The summed E-state index contributed by atoms with van der Waals surface area (Å²) in [5.74, 6) is 0. The maximum absolute atomic E-state index is 4.57. The van der Waals surface area contributed by atoms with Crippen molar-refractivity contribution in [1.82, 2.24) is 10.2 Å². The summed E-state index contributed by atoms with van der Waals surface area (Å²) in [7, 11) is 0. The molecule has 2 aromatic carbocycles. The number of quaternary nitrogens is 1. The third-order valence-corrected chi connectivity index (χ3v) is 3.94. The second-order valence-corrected chi connectivity index (χ2v) is 5.09. The molecule has 0 unspecified atom stereocenters. The van der Waals surface area contributed by atoms with Crippen molar-refractivity contribution in [2.24, 2.45) is 0 Å². The fourth-order valence-corrected chi connectivity index (χ4v) is 2.98. The number of hydrogen-bond acceptors (Lipinski definition) is 1. The third-order valence-electron chi connectivity index (χ3n) is 3.94. The summed E-state index contributed by atoms with van der Waals surface area (Å²) in [6.07, 6.45) is 1.09. The van der Waals surface area contributed by atoms with Crippen molar-refractivity contribution in [1.29, 1.82) is 0 Å². The van der Waals surface area contributed by atoms with Gasteiger partial charge in [-0.25, -0.2) is 0 Å². The van der Waals surface area contributed by atoms with Gasteiger partial charge in [0.1, 0.15) is 12.2 Å². The molecular formula is C16H16N3+. The molecule has 1 aliphatic heterocycles. The second-order valence-electron chi connectivity index (χ2n) is 5.09. The standard InChI is InChI=1S/C16H15N3/c1-2-6-12-11(4-1)5-3-7-13(12)16-14-10-17-9-8-15(14)18-19-16/h1-7,17H,8-10H2,(H,18,19)/p+1. The van der Waals surface area contributed by atoms with Gasteiger partial charge in [0, 0.05) is 12.0 Å². The average Bonchev–Trinajstić information content (AvgIpc) is 2.90. The molecule has 19 heavy (non-hydrogen) atoms. The van der Waals surface area contributed by atoms with Crippen LogP contribution in [-0.2, 0) is 13.0 Å². The van der Waals surface area contributed by atoms with E-state index in [4.69, 9.17) is 0 Å². The number of benzene rings is 2. The molecule has 94 valence electrons. The fraction of sp³-hybridized carbons (Fsp3) is 0.188. The van der Waals surface area contributed by atoms with Gasteiger partial charge in [0.25, 0.3) is 0 Å². The smallest absolute Gasteiger partial charge is 0.105 e. The largest absolute Gasteiger partial charge is 0.342 e. The molecule has 0 fully saturated rings. The van der Waals surface area contributed by atoms with E-state index >= 15 is 0 Å². The van der Waals surface area contributed by atoms with E-state index in [2.05, 4.69) is 58.0 Å².